The molecule has 0 aliphatic heterocycles. The number of alkyl carbamates (subject to hydrolysis) is 1. The molecule has 1 fully saturated rings. The Balaban J connectivity index is 2.34. The second-order valence-corrected chi connectivity index (χ2v) is 11.4. The maximum atomic E-state index is 13.9. The molecule has 3 amide bonds. The third kappa shape index (κ3) is 10.4. The number of benzene rings is 1. The predicted octanol–water partition coefficient (Wildman–Crippen LogP) is 6.12. The van der Waals surface area contributed by atoms with Crippen LogP contribution in [0.2, 0.25) is 0 Å². The average Bonchev–Trinajstić information content (AvgIpc) is 2.82. The van der Waals surface area contributed by atoms with Crippen LogP contribution in [0.25, 0.3) is 0 Å². The first kappa shape index (κ1) is 30.7. The van der Waals surface area contributed by atoms with Crippen LogP contribution in [0.15, 0.2) is 18.2 Å². The Kier molecular flexibility index (Phi) is 12.4. The number of nitrogens with zero attached hydrogens (tertiary/aromatic N) is 1. The van der Waals surface area contributed by atoms with Crippen molar-refractivity contribution in [2.24, 2.45) is 0 Å². The standard InChI is InChI=1S/C30H49N3O4/c1-7-8-9-10-14-20-33(25(34)21-31-29(36)37-30(4,5)6)27(26-22(2)16-15-17-23(26)3)28(35)32-24-18-12-11-13-19-24/h15-17,24,27H,7-14,18-21H2,1-6H3,(H,31,36)(H,32,35). The van der Waals surface area contributed by atoms with Crippen LogP contribution in [0, 0.1) is 13.8 Å². The van der Waals surface area contributed by atoms with Gasteiger partial charge in [0.25, 0.3) is 0 Å². The fourth-order valence-corrected chi connectivity index (χ4v) is 5.06. The number of nitrogens with one attached hydrogen (secondary N) is 2. The zero-order valence-corrected chi connectivity index (χ0v) is 24.0. The van der Waals surface area contributed by atoms with Gasteiger partial charge >= 0.3 is 6.09 Å². The molecular formula is C30H49N3O4. The van der Waals surface area contributed by atoms with Crippen LogP contribution in [-0.2, 0) is 14.3 Å². The molecule has 1 aromatic rings. The zero-order chi connectivity index (χ0) is 27.4. The Morgan fingerprint density at radius 2 is 1.62 bits per heavy atom. The monoisotopic (exact) mass is 515 g/mol. The van der Waals surface area contributed by atoms with Crippen molar-refractivity contribution in [2.75, 3.05) is 13.1 Å². The average molecular weight is 516 g/mol. The van der Waals surface area contributed by atoms with Gasteiger partial charge in [-0.25, -0.2) is 4.79 Å². The van der Waals surface area contributed by atoms with E-state index >= 15 is 0 Å². The number of unbranched alkanes of at least 4 members (excludes halogenated alkanes) is 4. The summed E-state index contributed by atoms with van der Waals surface area (Å²) in [5.41, 5.74) is 2.17. The van der Waals surface area contributed by atoms with Gasteiger partial charge in [-0.3, -0.25) is 9.59 Å². The highest BCUT2D eigenvalue weighted by Gasteiger charge is 2.34. The molecule has 1 atom stereocenters. The van der Waals surface area contributed by atoms with E-state index in [1.54, 1.807) is 25.7 Å². The fourth-order valence-electron chi connectivity index (χ4n) is 5.06. The van der Waals surface area contributed by atoms with E-state index in [0.717, 1.165) is 74.5 Å². The smallest absolute Gasteiger partial charge is 0.408 e. The molecular weight excluding hydrogens is 466 g/mol. The topological polar surface area (TPSA) is 87.7 Å². The SMILES string of the molecule is CCCCCCCN(C(=O)CNC(=O)OC(C)(C)C)C(C(=O)NC1CCCCC1)c1c(C)cccc1C. The van der Waals surface area contributed by atoms with Gasteiger partial charge < -0.3 is 20.3 Å². The Hall–Kier alpha value is -2.57. The molecule has 0 bridgehead atoms. The number of amides is 3. The molecule has 7 heteroatoms. The molecule has 0 saturated heterocycles. The molecule has 1 aromatic carbocycles. The van der Waals surface area contributed by atoms with Crippen LogP contribution in [0.5, 0.6) is 0 Å². The number of hydrogen-bond donors (Lipinski definition) is 2. The highest BCUT2D eigenvalue weighted by molar-refractivity contribution is 5.91. The third-order valence-electron chi connectivity index (χ3n) is 6.93. The predicted molar refractivity (Wildman–Crippen MR) is 148 cm³/mol. The lowest BCUT2D eigenvalue weighted by Crippen LogP contribution is -2.50. The summed E-state index contributed by atoms with van der Waals surface area (Å²) in [5.74, 6) is -0.420. The van der Waals surface area contributed by atoms with Crippen LogP contribution >= 0.6 is 0 Å². The minimum atomic E-state index is -0.748. The molecule has 0 spiro atoms. The lowest BCUT2D eigenvalue weighted by Gasteiger charge is -2.35. The van der Waals surface area contributed by atoms with E-state index < -0.39 is 17.7 Å². The first-order chi connectivity index (χ1) is 17.5. The van der Waals surface area contributed by atoms with Crippen LogP contribution in [0.3, 0.4) is 0 Å². The van der Waals surface area contributed by atoms with Crippen molar-refractivity contribution in [3.63, 3.8) is 0 Å². The number of carbonyl (C=O) groups is 3. The van der Waals surface area contributed by atoms with Crippen molar-refractivity contribution in [1.82, 2.24) is 15.5 Å². The first-order valence-electron chi connectivity index (χ1n) is 14.2. The summed E-state index contributed by atoms with van der Waals surface area (Å²) in [7, 11) is 0. The fraction of sp³-hybridized carbons (Fsp3) is 0.700. The molecule has 0 heterocycles. The molecule has 37 heavy (non-hydrogen) atoms. The molecule has 1 unspecified atom stereocenters. The molecule has 2 rings (SSSR count). The minimum absolute atomic E-state index is 0.134. The molecule has 0 aromatic heterocycles. The van der Waals surface area contributed by atoms with Crippen molar-refractivity contribution in [3.8, 4) is 0 Å². The minimum Gasteiger partial charge on any atom is -0.444 e. The molecule has 2 N–H and O–H groups in total. The second-order valence-electron chi connectivity index (χ2n) is 11.4. The summed E-state index contributed by atoms with van der Waals surface area (Å²) < 4.78 is 5.32. The Labute approximate surface area is 224 Å². The van der Waals surface area contributed by atoms with Crippen LogP contribution in [0.1, 0.15) is 115 Å². The summed E-state index contributed by atoms with van der Waals surface area (Å²) in [6.07, 6.45) is 9.89. The van der Waals surface area contributed by atoms with Gasteiger partial charge in [-0.1, -0.05) is 70.1 Å². The summed E-state index contributed by atoms with van der Waals surface area (Å²) >= 11 is 0. The highest BCUT2D eigenvalue weighted by atomic mass is 16.6. The Bertz CT molecular complexity index is 867. The number of carbonyl (C=O) groups excluding carboxylic acids is 3. The van der Waals surface area contributed by atoms with E-state index in [1.165, 1.54) is 6.42 Å². The molecule has 7 nitrogen and oxygen atoms in total. The van der Waals surface area contributed by atoms with Crippen molar-refractivity contribution in [3.05, 3.63) is 34.9 Å². The third-order valence-corrected chi connectivity index (χ3v) is 6.93. The van der Waals surface area contributed by atoms with Crippen molar-refractivity contribution in [2.45, 2.75) is 123 Å². The van der Waals surface area contributed by atoms with Gasteiger partial charge in [0.15, 0.2) is 0 Å². The molecule has 208 valence electrons. The van der Waals surface area contributed by atoms with Crippen molar-refractivity contribution in [1.29, 1.82) is 0 Å². The van der Waals surface area contributed by atoms with Gasteiger partial charge in [0, 0.05) is 12.6 Å². The number of ether oxygens (including phenoxy) is 1. The van der Waals surface area contributed by atoms with Gasteiger partial charge in [-0.2, -0.15) is 0 Å². The molecule has 1 aliphatic carbocycles. The van der Waals surface area contributed by atoms with Gasteiger partial charge in [-0.05, 0) is 70.6 Å². The summed E-state index contributed by atoms with van der Waals surface area (Å²) in [6.45, 7) is 11.7. The summed E-state index contributed by atoms with van der Waals surface area (Å²) in [6, 6.07) is 5.35. The lowest BCUT2D eigenvalue weighted by molar-refractivity contribution is -0.140. The molecule has 1 saturated carbocycles. The van der Waals surface area contributed by atoms with E-state index in [9.17, 15) is 14.4 Å². The van der Waals surface area contributed by atoms with Crippen LogP contribution in [-0.4, -0.2) is 47.5 Å². The van der Waals surface area contributed by atoms with E-state index in [0.29, 0.717) is 6.54 Å². The van der Waals surface area contributed by atoms with E-state index in [-0.39, 0.29) is 24.4 Å². The summed E-state index contributed by atoms with van der Waals surface area (Å²) in [4.78, 5) is 41.5. The van der Waals surface area contributed by atoms with Gasteiger partial charge in [0.2, 0.25) is 11.8 Å². The van der Waals surface area contributed by atoms with Gasteiger partial charge in [-0.15, -0.1) is 0 Å². The number of aryl methyl sites for hydroxylation is 2. The van der Waals surface area contributed by atoms with Crippen molar-refractivity contribution < 1.29 is 19.1 Å². The largest absolute Gasteiger partial charge is 0.444 e. The first-order valence-corrected chi connectivity index (χ1v) is 14.2. The quantitative estimate of drug-likeness (QED) is 0.328. The second kappa shape index (κ2) is 15.0. The Morgan fingerprint density at radius 3 is 2.22 bits per heavy atom. The molecule has 1 aliphatic rings. The number of rotatable bonds is 12. The lowest BCUT2D eigenvalue weighted by atomic mass is 9.92. The van der Waals surface area contributed by atoms with Gasteiger partial charge in [0.1, 0.15) is 18.2 Å². The maximum absolute atomic E-state index is 13.9. The normalized spacial score (nSPS) is 15.1. The van der Waals surface area contributed by atoms with E-state index in [2.05, 4.69) is 17.6 Å². The maximum Gasteiger partial charge on any atom is 0.408 e. The van der Waals surface area contributed by atoms with E-state index in [4.69, 9.17) is 4.74 Å². The van der Waals surface area contributed by atoms with Crippen molar-refractivity contribution >= 4 is 17.9 Å². The van der Waals surface area contributed by atoms with E-state index in [1.807, 2.05) is 32.0 Å². The number of hydrogen-bond acceptors (Lipinski definition) is 4. The van der Waals surface area contributed by atoms with Crippen LogP contribution in [0.4, 0.5) is 4.79 Å². The highest BCUT2D eigenvalue weighted by Crippen LogP contribution is 2.29. The summed E-state index contributed by atoms with van der Waals surface area (Å²) in [5, 5.41) is 5.87. The Morgan fingerprint density at radius 1 is 1.00 bits per heavy atom. The van der Waals surface area contributed by atoms with Gasteiger partial charge in [0.05, 0.1) is 0 Å². The molecule has 0 radical (unpaired) electrons. The van der Waals surface area contributed by atoms with Crippen LogP contribution < -0.4 is 10.6 Å². The zero-order valence-electron chi connectivity index (χ0n) is 24.0.